The molecular formula is C44H57AsN8O19S2-2. The molecule has 1 unspecified atom stereocenters. The number of carboxylic acids is 7. The number of rotatable bonds is 33. The number of hydrogen-bond donors (Lipinski definition) is 12. The summed E-state index contributed by atoms with van der Waals surface area (Å²) in [6.45, 7) is -4.60. The summed E-state index contributed by atoms with van der Waals surface area (Å²) in [5, 5.41) is 83.9. The first-order chi connectivity index (χ1) is 34.9. The minimum Gasteiger partial charge on any atom is -0.548 e. The summed E-state index contributed by atoms with van der Waals surface area (Å²) < 4.78 is 19.1. The van der Waals surface area contributed by atoms with E-state index in [1.54, 1.807) is 12.1 Å². The molecule has 2 aromatic rings. The normalized spacial score (nSPS) is 15.6. The molecule has 0 aromatic heterocycles. The Morgan fingerprint density at radius 2 is 1.19 bits per heavy atom. The van der Waals surface area contributed by atoms with Crippen LogP contribution in [0.2, 0.25) is 0 Å². The Labute approximate surface area is 437 Å². The van der Waals surface area contributed by atoms with Crippen molar-refractivity contribution in [3.05, 3.63) is 54.1 Å². The zero-order chi connectivity index (χ0) is 55.1. The molecule has 12 N–H and O–H groups in total. The van der Waals surface area contributed by atoms with Gasteiger partial charge >= 0.3 is 160 Å². The Hall–Kier alpha value is -6.46. The summed E-state index contributed by atoms with van der Waals surface area (Å²) in [6, 6.07) is 6.49. The summed E-state index contributed by atoms with van der Waals surface area (Å²) in [6.07, 6.45) is 0.810. The molecule has 406 valence electrons. The Morgan fingerprint density at radius 1 is 0.676 bits per heavy atom. The van der Waals surface area contributed by atoms with E-state index in [2.05, 4.69) is 26.6 Å². The summed E-state index contributed by atoms with van der Waals surface area (Å²) in [5.74, 6) is -12.7. The number of carboxylic acid groups (broad SMARTS) is 7. The fourth-order valence-electron chi connectivity index (χ4n) is 8.04. The number of carbonyl (C=O) groups is 10. The molecule has 3 amide bonds. The van der Waals surface area contributed by atoms with Gasteiger partial charge in [-0.2, -0.15) is 0 Å². The second-order valence-electron chi connectivity index (χ2n) is 16.8. The van der Waals surface area contributed by atoms with E-state index in [4.69, 9.17) is 12.2 Å². The van der Waals surface area contributed by atoms with Crippen molar-refractivity contribution < 1.29 is 91.9 Å². The van der Waals surface area contributed by atoms with Gasteiger partial charge in [0.25, 0.3) is 0 Å². The number of carbonyl (C=O) groups excluding carboxylic acids is 5. The average Bonchev–Trinajstić information content (AvgIpc) is 3.30. The van der Waals surface area contributed by atoms with Crippen molar-refractivity contribution in [1.82, 2.24) is 30.7 Å². The smallest absolute Gasteiger partial charge is 0.548 e. The van der Waals surface area contributed by atoms with Gasteiger partial charge in [-0.1, -0.05) is 25.0 Å². The Morgan fingerprint density at radius 3 is 1.70 bits per heavy atom. The van der Waals surface area contributed by atoms with E-state index >= 15 is 0 Å². The van der Waals surface area contributed by atoms with Gasteiger partial charge in [-0.05, 0) is 55.6 Å². The van der Waals surface area contributed by atoms with Crippen LogP contribution in [0.1, 0.15) is 44.1 Å². The van der Waals surface area contributed by atoms with Crippen molar-refractivity contribution in [3.8, 4) is 0 Å². The van der Waals surface area contributed by atoms with E-state index in [9.17, 15) is 91.9 Å². The molecule has 0 aliphatic heterocycles. The van der Waals surface area contributed by atoms with Gasteiger partial charge in [-0.15, -0.1) is 0 Å². The van der Waals surface area contributed by atoms with Crippen LogP contribution >= 0.6 is 24.0 Å². The third kappa shape index (κ3) is 23.2. The van der Waals surface area contributed by atoms with Crippen LogP contribution in [-0.2, 0) is 54.4 Å². The second kappa shape index (κ2) is 31.3. The van der Waals surface area contributed by atoms with Crippen molar-refractivity contribution in [2.75, 3.05) is 68.0 Å². The monoisotopic (exact) mass is 1140 g/mol. The van der Waals surface area contributed by atoms with Crippen LogP contribution in [0.3, 0.4) is 0 Å². The van der Waals surface area contributed by atoms with Gasteiger partial charge < -0.3 is 56.0 Å². The van der Waals surface area contributed by atoms with Crippen molar-refractivity contribution >= 4 is 120 Å². The molecule has 3 rings (SSSR count). The molecule has 0 bridgehead atoms. The van der Waals surface area contributed by atoms with Crippen molar-refractivity contribution in [2.45, 2.75) is 75.2 Å². The minimum atomic E-state index is -3.11. The molecule has 0 spiro atoms. The topological polar surface area (TPSA) is 428 Å². The zero-order valence-corrected chi connectivity index (χ0v) is 43.0. The van der Waals surface area contributed by atoms with E-state index in [0.29, 0.717) is 41.3 Å². The maximum absolute atomic E-state index is 13.0. The number of thioether (sulfide) groups is 1. The Balaban J connectivity index is 1.71. The quantitative estimate of drug-likeness (QED) is 0.0235. The van der Waals surface area contributed by atoms with Crippen LogP contribution in [0.25, 0.3) is 0 Å². The van der Waals surface area contributed by atoms with Crippen LogP contribution in [0.15, 0.2) is 48.5 Å². The van der Waals surface area contributed by atoms with E-state index in [0.717, 1.165) is 16.7 Å². The average molecular weight is 1140 g/mol. The standard InChI is InChI=1S/C44H59AsN8O19S2/c54-34(49-31(42(68)46-16-36(56)57)23-74-24-35(55)47-27-11-7-26(8-12-27)45(71)72)14-13-30(43(69)70)50-44(73)48-28-9-5-25(6-10-28)15-29(51(18-37(58)59)19-38(60)61)17-52(20-39(62)63)32-3-1-2-4-33(32)53(21-40(64)65)22-41(66)67/h5-12,29-33,71-72H,1-4,13-24H2,(H,46,68)(H,47,55)(H,49,54)(H,56,57)(H,58,59)(H,60,61)(H,62,63)(H,64,65)(H,66,67)(H,69,70)(H2,48,50,73)/p-2/t29-,30+,31?,32+,33+/m1/s1. The molecule has 1 aliphatic carbocycles. The summed E-state index contributed by atoms with van der Waals surface area (Å²) in [7, 11) is 0. The van der Waals surface area contributed by atoms with Crippen molar-refractivity contribution in [3.63, 3.8) is 0 Å². The van der Waals surface area contributed by atoms with Crippen LogP contribution in [0, 0.1) is 0 Å². The molecule has 1 saturated carbocycles. The molecule has 30 heteroatoms. The minimum absolute atomic E-state index is 0.0528. The summed E-state index contributed by atoms with van der Waals surface area (Å²) in [4.78, 5) is 125. The molecule has 74 heavy (non-hydrogen) atoms. The van der Waals surface area contributed by atoms with E-state index in [1.807, 2.05) is 0 Å². The van der Waals surface area contributed by atoms with Crippen molar-refractivity contribution in [2.24, 2.45) is 0 Å². The molecule has 27 nitrogen and oxygen atoms in total. The molecule has 2 aromatic carbocycles. The maximum atomic E-state index is 13.0. The van der Waals surface area contributed by atoms with E-state index in [1.165, 1.54) is 46.2 Å². The zero-order valence-electron chi connectivity index (χ0n) is 39.5. The number of nitrogens with one attached hydrogen (secondary N) is 5. The molecule has 0 saturated heterocycles. The molecule has 1 fully saturated rings. The van der Waals surface area contributed by atoms with Gasteiger partial charge in [-0.25, -0.2) is 0 Å². The number of nitrogens with zero attached hydrogens (tertiary/aromatic N) is 3. The number of anilines is 2. The summed E-state index contributed by atoms with van der Waals surface area (Å²) >= 11 is 3.10. The number of benzene rings is 2. The molecule has 0 radical (unpaired) electrons. The van der Waals surface area contributed by atoms with Gasteiger partial charge in [0.1, 0.15) is 0 Å². The number of aliphatic carboxylic acids is 7. The van der Waals surface area contributed by atoms with Gasteiger partial charge in [0.2, 0.25) is 0 Å². The third-order valence-electron chi connectivity index (χ3n) is 11.2. The first-order valence-electron chi connectivity index (χ1n) is 22.5. The predicted octanol–water partition coefficient (Wildman–Crippen LogP) is -5.17. The first-order valence-corrected chi connectivity index (χ1v) is 26.7. The van der Waals surface area contributed by atoms with Crippen molar-refractivity contribution in [1.29, 1.82) is 0 Å². The van der Waals surface area contributed by atoms with E-state index in [-0.39, 0.29) is 35.3 Å². The Kier molecular flexibility index (Phi) is 26.2. The van der Waals surface area contributed by atoms with Gasteiger partial charge in [0, 0.05) is 36.8 Å². The van der Waals surface area contributed by atoms with Gasteiger partial charge in [0.05, 0.1) is 57.2 Å². The molecule has 5 atom stereocenters. The number of amides is 3. The second-order valence-corrected chi connectivity index (χ2v) is 20.5. The first kappa shape index (κ1) is 61.8. The van der Waals surface area contributed by atoms with E-state index < -0.39 is 157 Å². The van der Waals surface area contributed by atoms with Crippen LogP contribution in [0.5, 0.6) is 0 Å². The van der Waals surface area contributed by atoms with Gasteiger partial charge in [0.15, 0.2) is 5.11 Å². The van der Waals surface area contributed by atoms with Crippen LogP contribution < -0.4 is 41.1 Å². The molecule has 0 heterocycles. The summed E-state index contributed by atoms with van der Waals surface area (Å²) in [5.41, 5.74) is 1.13. The fraction of sp³-hybridized carbons (Fsp3) is 0.477. The number of thiocarbonyl (C=S) groups is 1. The molecule has 1 aliphatic rings. The Bertz CT molecular complexity index is 2280. The third-order valence-corrected chi connectivity index (χ3v) is 14.0. The van der Waals surface area contributed by atoms with Crippen LogP contribution in [0.4, 0.5) is 11.4 Å². The molecular weight excluding hydrogens is 1080 g/mol. The fourth-order valence-corrected chi connectivity index (χ4v) is 10.0. The SMILES string of the molecule is O=C([O-])CNC(=O)C(CSCC(=O)Nc1ccc([As](O)O)cc1)NC(=O)CC[C@H](NC(=S)Nc1ccc(C[C@H](CN(CC(=O)O)[C@H]2CCCC[C@@H]2N(CC(=O)O)CC(=O)O)N(CC(=O)O)CC(=O)O)cc1)C(=O)[O-]. The van der Waals surface area contributed by atoms with Crippen LogP contribution in [-0.4, -0.2) is 216 Å². The predicted molar refractivity (Wildman–Crippen MR) is 262 cm³/mol. The number of hydrogen-bond acceptors (Lipinski definition) is 19. The van der Waals surface area contributed by atoms with Gasteiger partial charge in [-0.3, -0.25) is 43.5 Å².